The molecule has 0 saturated heterocycles. The maximum absolute atomic E-state index is 11.5. The average molecular weight is 252 g/mol. The van der Waals surface area contributed by atoms with Crippen LogP contribution in [0.5, 0.6) is 0 Å². The molecule has 0 atom stereocenters. The minimum atomic E-state index is -0.698. The van der Waals surface area contributed by atoms with E-state index in [4.69, 9.17) is 4.74 Å². The molecular weight excluding hydrogens is 240 g/mol. The van der Waals surface area contributed by atoms with E-state index in [-0.39, 0.29) is 17.9 Å². The number of nitrogens with one attached hydrogen (secondary N) is 1. The first-order chi connectivity index (χ1) is 8.45. The van der Waals surface area contributed by atoms with Gasteiger partial charge in [-0.15, -0.1) is 0 Å². The van der Waals surface area contributed by atoms with Gasteiger partial charge in [0.15, 0.2) is 6.61 Å². The highest BCUT2D eigenvalue weighted by molar-refractivity contribution is 5.91. The minimum Gasteiger partial charge on any atom is -0.452 e. The second-order valence-electron chi connectivity index (χ2n) is 3.51. The van der Waals surface area contributed by atoms with Crippen molar-refractivity contribution in [1.29, 1.82) is 0 Å². The number of benzene rings is 1. The second-order valence-corrected chi connectivity index (χ2v) is 3.51. The number of nitro groups is 1. The smallest absolute Gasteiger partial charge is 0.338 e. The Labute approximate surface area is 103 Å². The van der Waals surface area contributed by atoms with Crippen LogP contribution in [0.2, 0.25) is 0 Å². The molecular formula is C11H12N2O5. The molecule has 0 radical (unpaired) electrons. The average Bonchev–Trinajstić information content (AvgIpc) is 2.34. The van der Waals surface area contributed by atoms with Crippen LogP contribution in [0, 0.1) is 17.0 Å². The van der Waals surface area contributed by atoms with Gasteiger partial charge < -0.3 is 10.1 Å². The van der Waals surface area contributed by atoms with Crippen molar-refractivity contribution in [1.82, 2.24) is 5.32 Å². The number of amides is 1. The van der Waals surface area contributed by atoms with E-state index in [0.717, 1.165) is 0 Å². The number of carbonyl (C=O) groups is 2. The van der Waals surface area contributed by atoms with E-state index in [1.54, 1.807) is 0 Å². The molecule has 0 aliphatic carbocycles. The second kappa shape index (κ2) is 5.76. The van der Waals surface area contributed by atoms with Crippen molar-refractivity contribution in [3.8, 4) is 0 Å². The summed E-state index contributed by atoms with van der Waals surface area (Å²) in [6.45, 7) is 1.14. The monoisotopic (exact) mass is 252 g/mol. The molecule has 1 aromatic rings. The summed E-state index contributed by atoms with van der Waals surface area (Å²) >= 11 is 0. The maximum Gasteiger partial charge on any atom is 0.338 e. The third kappa shape index (κ3) is 3.27. The number of nitrogens with zero attached hydrogens (tertiary/aromatic N) is 1. The molecule has 1 rings (SSSR count). The molecule has 1 amide bonds. The van der Waals surface area contributed by atoms with Crippen LogP contribution in [0.1, 0.15) is 15.9 Å². The zero-order valence-corrected chi connectivity index (χ0v) is 9.93. The SMILES string of the molecule is CNC(=O)COC(=O)c1ccc([N+](=O)[O-])c(C)c1. The van der Waals surface area contributed by atoms with E-state index in [0.29, 0.717) is 5.56 Å². The van der Waals surface area contributed by atoms with Gasteiger partial charge in [0.25, 0.3) is 11.6 Å². The summed E-state index contributed by atoms with van der Waals surface area (Å²) < 4.78 is 4.72. The molecule has 96 valence electrons. The lowest BCUT2D eigenvalue weighted by molar-refractivity contribution is -0.385. The third-order valence-corrected chi connectivity index (χ3v) is 2.24. The number of hydrogen-bond acceptors (Lipinski definition) is 5. The summed E-state index contributed by atoms with van der Waals surface area (Å²) in [7, 11) is 1.42. The molecule has 0 heterocycles. The Kier molecular flexibility index (Phi) is 4.36. The molecule has 7 heteroatoms. The Morgan fingerprint density at radius 1 is 1.44 bits per heavy atom. The van der Waals surface area contributed by atoms with Gasteiger partial charge in [0.2, 0.25) is 0 Å². The predicted octanol–water partition coefficient (Wildman–Crippen LogP) is 0.806. The molecule has 0 unspecified atom stereocenters. The molecule has 1 N–H and O–H groups in total. The highest BCUT2D eigenvalue weighted by Crippen LogP contribution is 2.19. The summed E-state index contributed by atoms with van der Waals surface area (Å²) in [5.41, 5.74) is 0.453. The Balaban J connectivity index is 2.79. The van der Waals surface area contributed by atoms with Crippen molar-refractivity contribution in [2.45, 2.75) is 6.92 Å². The Morgan fingerprint density at radius 3 is 2.61 bits per heavy atom. The standard InChI is InChI=1S/C11H12N2O5/c1-7-5-8(3-4-9(7)13(16)17)11(15)18-6-10(14)12-2/h3-5H,6H2,1-2H3,(H,12,14). The number of esters is 1. The van der Waals surface area contributed by atoms with Crippen LogP contribution >= 0.6 is 0 Å². The number of hydrogen-bond donors (Lipinski definition) is 1. The van der Waals surface area contributed by atoms with Crippen LogP contribution < -0.4 is 5.32 Å². The molecule has 0 aliphatic heterocycles. The topological polar surface area (TPSA) is 98.5 Å². The van der Waals surface area contributed by atoms with Crippen molar-refractivity contribution in [2.24, 2.45) is 0 Å². The maximum atomic E-state index is 11.5. The summed E-state index contributed by atoms with van der Waals surface area (Å²) in [5, 5.41) is 12.9. The molecule has 1 aromatic carbocycles. The van der Waals surface area contributed by atoms with Crippen LogP contribution in [-0.2, 0) is 9.53 Å². The largest absolute Gasteiger partial charge is 0.452 e. The van der Waals surface area contributed by atoms with E-state index in [9.17, 15) is 19.7 Å². The van der Waals surface area contributed by atoms with Crippen molar-refractivity contribution >= 4 is 17.6 Å². The number of ether oxygens (including phenoxy) is 1. The first-order valence-electron chi connectivity index (χ1n) is 5.08. The summed E-state index contributed by atoms with van der Waals surface area (Å²) in [5.74, 6) is -1.13. The van der Waals surface area contributed by atoms with Gasteiger partial charge in [0.1, 0.15) is 0 Å². The van der Waals surface area contributed by atoms with Crippen molar-refractivity contribution < 1.29 is 19.2 Å². The van der Waals surface area contributed by atoms with E-state index in [1.165, 1.54) is 32.2 Å². The fourth-order valence-electron chi connectivity index (χ4n) is 1.27. The summed E-state index contributed by atoms with van der Waals surface area (Å²) in [4.78, 5) is 32.5. The quantitative estimate of drug-likeness (QED) is 0.485. The Bertz CT molecular complexity index is 498. The Morgan fingerprint density at radius 2 is 2.11 bits per heavy atom. The molecule has 0 aliphatic rings. The number of aryl methyl sites for hydroxylation is 1. The van der Waals surface area contributed by atoms with E-state index in [1.807, 2.05) is 0 Å². The van der Waals surface area contributed by atoms with Crippen LogP contribution in [-0.4, -0.2) is 30.5 Å². The first kappa shape index (κ1) is 13.6. The van der Waals surface area contributed by atoms with Gasteiger partial charge >= 0.3 is 5.97 Å². The molecule has 0 aromatic heterocycles. The first-order valence-corrected chi connectivity index (χ1v) is 5.08. The summed E-state index contributed by atoms with van der Waals surface area (Å²) in [6.07, 6.45) is 0. The minimum absolute atomic E-state index is 0.0714. The fraction of sp³-hybridized carbons (Fsp3) is 0.273. The van der Waals surface area contributed by atoms with Gasteiger partial charge in [-0.05, 0) is 19.1 Å². The van der Waals surface area contributed by atoms with Gasteiger partial charge in [-0.1, -0.05) is 0 Å². The van der Waals surface area contributed by atoms with Gasteiger partial charge in [-0.3, -0.25) is 14.9 Å². The van der Waals surface area contributed by atoms with Gasteiger partial charge in [-0.25, -0.2) is 4.79 Å². The van der Waals surface area contributed by atoms with Crippen LogP contribution in [0.25, 0.3) is 0 Å². The fourth-order valence-corrected chi connectivity index (χ4v) is 1.27. The lowest BCUT2D eigenvalue weighted by Crippen LogP contribution is -2.25. The van der Waals surface area contributed by atoms with Crippen LogP contribution in [0.15, 0.2) is 18.2 Å². The lowest BCUT2D eigenvalue weighted by atomic mass is 10.1. The lowest BCUT2D eigenvalue weighted by Gasteiger charge is -2.04. The van der Waals surface area contributed by atoms with Crippen molar-refractivity contribution in [3.05, 3.63) is 39.4 Å². The number of carbonyl (C=O) groups excluding carboxylic acids is 2. The molecule has 0 spiro atoms. The Hall–Kier alpha value is -2.44. The number of likely N-dealkylation sites (N-methyl/N-ethyl adjacent to an activating group) is 1. The zero-order valence-electron chi connectivity index (χ0n) is 9.93. The molecule has 0 bridgehead atoms. The summed E-state index contributed by atoms with van der Waals surface area (Å²) in [6, 6.07) is 3.87. The van der Waals surface area contributed by atoms with Crippen LogP contribution in [0.4, 0.5) is 5.69 Å². The highest BCUT2D eigenvalue weighted by atomic mass is 16.6. The molecule has 0 fully saturated rings. The van der Waals surface area contributed by atoms with E-state index >= 15 is 0 Å². The molecule has 7 nitrogen and oxygen atoms in total. The molecule has 18 heavy (non-hydrogen) atoms. The highest BCUT2D eigenvalue weighted by Gasteiger charge is 2.15. The predicted molar refractivity (Wildman–Crippen MR) is 62.2 cm³/mol. The van der Waals surface area contributed by atoms with E-state index < -0.39 is 16.8 Å². The van der Waals surface area contributed by atoms with Crippen molar-refractivity contribution in [2.75, 3.05) is 13.7 Å². The van der Waals surface area contributed by atoms with Crippen molar-refractivity contribution in [3.63, 3.8) is 0 Å². The van der Waals surface area contributed by atoms with Gasteiger partial charge in [0, 0.05) is 18.7 Å². The zero-order chi connectivity index (χ0) is 13.7. The normalized spacial score (nSPS) is 9.67. The number of nitro benzene ring substituents is 1. The number of rotatable bonds is 4. The molecule has 0 saturated carbocycles. The van der Waals surface area contributed by atoms with Crippen LogP contribution in [0.3, 0.4) is 0 Å². The van der Waals surface area contributed by atoms with Gasteiger partial charge in [-0.2, -0.15) is 0 Å². The van der Waals surface area contributed by atoms with E-state index in [2.05, 4.69) is 5.32 Å². The third-order valence-electron chi connectivity index (χ3n) is 2.24. The van der Waals surface area contributed by atoms with Gasteiger partial charge in [0.05, 0.1) is 10.5 Å².